The van der Waals surface area contributed by atoms with Crippen molar-refractivity contribution in [2.75, 3.05) is 33.4 Å². The molecule has 1 aromatic rings. The highest BCUT2D eigenvalue weighted by Gasteiger charge is 2.05. The minimum Gasteiger partial charge on any atom is -0.383 e. The third-order valence-corrected chi connectivity index (χ3v) is 1.98. The number of hydrogen-bond acceptors (Lipinski definition) is 5. The van der Waals surface area contributed by atoms with Crippen LogP contribution in [0.4, 0.5) is 0 Å². The number of nitrogens with zero attached hydrogens (tertiary/aromatic N) is 1. The number of amides is 1. The largest absolute Gasteiger partial charge is 0.383 e. The van der Waals surface area contributed by atoms with E-state index in [0.717, 1.165) is 6.54 Å². The Morgan fingerprint density at radius 2 is 2.24 bits per heavy atom. The van der Waals surface area contributed by atoms with Crippen LogP contribution in [0.5, 0.6) is 0 Å². The third kappa shape index (κ3) is 5.23. The highest BCUT2D eigenvalue weighted by atomic mass is 16.5. The summed E-state index contributed by atoms with van der Waals surface area (Å²) in [6, 6.07) is 2.64. The fourth-order valence-electron chi connectivity index (χ4n) is 1.13. The first-order valence-corrected chi connectivity index (χ1v) is 5.27. The maximum absolute atomic E-state index is 11.5. The van der Waals surface area contributed by atoms with Crippen molar-refractivity contribution in [2.24, 2.45) is 0 Å². The molecule has 1 rings (SSSR count). The summed E-state index contributed by atoms with van der Waals surface area (Å²) < 4.78 is 4.86. The Bertz CT molecular complexity index is 384. The van der Waals surface area contributed by atoms with Crippen molar-refractivity contribution in [3.8, 4) is 0 Å². The van der Waals surface area contributed by atoms with Crippen molar-refractivity contribution in [1.82, 2.24) is 20.8 Å². The van der Waals surface area contributed by atoms with Gasteiger partial charge in [-0.05, 0) is 6.07 Å². The van der Waals surface area contributed by atoms with Gasteiger partial charge in [-0.3, -0.25) is 9.59 Å². The molecule has 7 heteroatoms. The Morgan fingerprint density at radius 1 is 1.41 bits per heavy atom. The van der Waals surface area contributed by atoms with Gasteiger partial charge in [0.2, 0.25) is 0 Å². The number of rotatable bonds is 7. The quantitative estimate of drug-likeness (QED) is 0.517. The van der Waals surface area contributed by atoms with E-state index in [0.29, 0.717) is 19.7 Å². The maximum atomic E-state index is 11.5. The molecule has 0 saturated heterocycles. The van der Waals surface area contributed by atoms with Crippen molar-refractivity contribution < 1.29 is 9.53 Å². The molecule has 0 aromatic carbocycles. The van der Waals surface area contributed by atoms with E-state index < -0.39 is 0 Å². The molecule has 0 unspecified atom stereocenters. The monoisotopic (exact) mass is 240 g/mol. The molecule has 0 bridgehead atoms. The van der Waals surface area contributed by atoms with Gasteiger partial charge < -0.3 is 15.4 Å². The predicted octanol–water partition coefficient (Wildman–Crippen LogP) is -1.26. The Morgan fingerprint density at radius 3 is 2.88 bits per heavy atom. The predicted molar refractivity (Wildman–Crippen MR) is 61.9 cm³/mol. The highest BCUT2D eigenvalue weighted by molar-refractivity contribution is 5.91. The van der Waals surface area contributed by atoms with Crippen LogP contribution in [0.3, 0.4) is 0 Å². The average molecular weight is 240 g/mol. The van der Waals surface area contributed by atoms with E-state index in [1.165, 1.54) is 12.1 Å². The van der Waals surface area contributed by atoms with Crippen LogP contribution in [0.1, 0.15) is 10.5 Å². The Kier molecular flexibility index (Phi) is 5.91. The van der Waals surface area contributed by atoms with Gasteiger partial charge in [-0.25, -0.2) is 5.10 Å². The molecule has 1 aromatic heterocycles. The number of nitrogens with one attached hydrogen (secondary N) is 3. The Balaban J connectivity index is 2.21. The molecule has 7 nitrogen and oxygen atoms in total. The minimum absolute atomic E-state index is 0.196. The van der Waals surface area contributed by atoms with Crippen LogP contribution in [0.15, 0.2) is 16.9 Å². The first kappa shape index (κ1) is 13.3. The van der Waals surface area contributed by atoms with Crippen LogP contribution in [0, 0.1) is 0 Å². The molecule has 0 saturated carbocycles. The van der Waals surface area contributed by atoms with Gasteiger partial charge in [0.1, 0.15) is 5.69 Å². The lowest BCUT2D eigenvalue weighted by Gasteiger charge is -2.05. The minimum atomic E-state index is -0.331. The van der Waals surface area contributed by atoms with Crippen LogP contribution >= 0.6 is 0 Å². The number of carbonyl (C=O) groups excluding carboxylic acids is 1. The van der Waals surface area contributed by atoms with Gasteiger partial charge in [0, 0.05) is 32.8 Å². The van der Waals surface area contributed by atoms with Gasteiger partial charge in [0.25, 0.3) is 11.5 Å². The first-order valence-electron chi connectivity index (χ1n) is 5.27. The zero-order valence-corrected chi connectivity index (χ0v) is 9.66. The van der Waals surface area contributed by atoms with Gasteiger partial charge in [0.15, 0.2) is 0 Å². The van der Waals surface area contributed by atoms with E-state index in [9.17, 15) is 9.59 Å². The molecule has 17 heavy (non-hydrogen) atoms. The van der Waals surface area contributed by atoms with Gasteiger partial charge in [0.05, 0.1) is 6.61 Å². The van der Waals surface area contributed by atoms with Gasteiger partial charge in [-0.15, -0.1) is 0 Å². The van der Waals surface area contributed by atoms with Crippen LogP contribution in [0.2, 0.25) is 0 Å². The summed E-state index contributed by atoms with van der Waals surface area (Å²) in [5.41, 5.74) is -0.135. The molecule has 0 radical (unpaired) electrons. The zero-order valence-electron chi connectivity index (χ0n) is 9.66. The van der Waals surface area contributed by atoms with Gasteiger partial charge >= 0.3 is 0 Å². The van der Waals surface area contributed by atoms with Crippen molar-refractivity contribution in [2.45, 2.75) is 0 Å². The summed E-state index contributed by atoms with van der Waals surface area (Å²) in [7, 11) is 1.63. The molecule has 0 fully saturated rings. The second kappa shape index (κ2) is 7.53. The fraction of sp³-hybridized carbons (Fsp3) is 0.500. The van der Waals surface area contributed by atoms with E-state index in [1.807, 2.05) is 0 Å². The van der Waals surface area contributed by atoms with Crippen LogP contribution in [0.25, 0.3) is 0 Å². The summed E-state index contributed by atoms with van der Waals surface area (Å²) >= 11 is 0. The molecule has 0 spiro atoms. The summed E-state index contributed by atoms with van der Waals surface area (Å²) in [4.78, 5) is 22.2. The number of methoxy groups -OCH3 is 1. The maximum Gasteiger partial charge on any atom is 0.271 e. The van der Waals surface area contributed by atoms with Gasteiger partial charge in [-0.1, -0.05) is 0 Å². The van der Waals surface area contributed by atoms with Crippen LogP contribution < -0.4 is 16.2 Å². The molecule has 0 aliphatic heterocycles. The number of hydrogen-bond donors (Lipinski definition) is 3. The van der Waals surface area contributed by atoms with E-state index in [1.54, 1.807) is 7.11 Å². The third-order valence-electron chi connectivity index (χ3n) is 1.98. The number of aromatic nitrogens is 2. The highest BCUT2D eigenvalue weighted by Crippen LogP contribution is 1.87. The summed E-state index contributed by atoms with van der Waals surface area (Å²) in [6.45, 7) is 2.51. The normalized spacial score (nSPS) is 10.2. The van der Waals surface area contributed by atoms with E-state index in [4.69, 9.17) is 4.74 Å². The second-order valence-electron chi connectivity index (χ2n) is 3.31. The molecular formula is C10H16N4O3. The molecule has 0 atom stereocenters. The van der Waals surface area contributed by atoms with E-state index >= 15 is 0 Å². The number of H-pyrrole nitrogens is 1. The smallest absolute Gasteiger partial charge is 0.271 e. The first-order chi connectivity index (χ1) is 8.24. The van der Waals surface area contributed by atoms with Crippen molar-refractivity contribution in [3.05, 3.63) is 28.2 Å². The molecule has 1 heterocycles. The lowest BCUT2D eigenvalue weighted by Crippen LogP contribution is -2.33. The number of aromatic amines is 1. The van der Waals surface area contributed by atoms with Crippen LogP contribution in [-0.4, -0.2) is 49.5 Å². The number of carbonyl (C=O) groups is 1. The van der Waals surface area contributed by atoms with Crippen molar-refractivity contribution in [1.29, 1.82) is 0 Å². The van der Waals surface area contributed by atoms with E-state index in [2.05, 4.69) is 20.8 Å². The molecule has 0 aliphatic rings. The Labute approximate surface area is 98.6 Å². The van der Waals surface area contributed by atoms with E-state index in [-0.39, 0.29) is 17.2 Å². The lowest BCUT2D eigenvalue weighted by atomic mass is 10.3. The van der Waals surface area contributed by atoms with Crippen LogP contribution in [-0.2, 0) is 4.74 Å². The standard InChI is InChI=1S/C10H16N4O3/c1-17-7-6-11-4-5-12-10(16)8-2-3-9(15)14-13-8/h2-3,11H,4-7H2,1H3,(H,12,16)(H,14,15). The van der Waals surface area contributed by atoms with Gasteiger partial charge in [-0.2, -0.15) is 5.10 Å². The Hall–Kier alpha value is -1.73. The van der Waals surface area contributed by atoms with Crippen molar-refractivity contribution >= 4 is 5.91 Å². The molecule has 94 valence electrons. The molecule has 1 amide bonds. The zero-order chi connectivity index (χ0) is 12.5. The summed E-state index contributed by atoms with van der Waals surface area (Å²) in [5.74, 6) is -0.310. The molecular weight excluding hydrogens is 224 g/mol. The summed E-state index contributed by atoms with van der Waals surface area (Å²) in [6.07, 6.45) is 0. The molecule has 3 N–H and O–H groups in total. The van der Waals surface area contributed by atoms with Crippen molar-refractivity contribution in [3.63, 3.8) is 0 Å². The molecule has 0 aliphatic carbocycles. The second-order valence-corrected chi connectivity index (χ2v) is 3.31. The SMILES string of the molecule is COCCNCCNC(=O)c1ccc(=O)[nH]n1. The lowest BCUT2D eigenvalue weighted by molar-refractivity contribution is 0.0947. The average Bonchev–Trinajstić information content (AvgIpc) is 2.34. The number of ether oxygens (including phenoxy) is 1. The summed E-state index contributed by atoms with van der Waals surface area (Å²) in [5, 5.41) is 11.6. The fourth-order valence-corrected chi connectivity index (χ4v) is 1.13. The topological polar surface area (TPSA) is 96.1 Å².